The molecular weight excluding hydrogens is 380 g/mol. The van der Waals surface area contributed by atoms with Crippen LogP contribution < -0.4 is 5.32 Å². The van der Waals surface area contributed by atoms with Crippen LogP contribution in [0, 0.1) is 17.8 Å². The molecular formula is C20H30N2O7. The first-order chi connectivity index (χ1) is 13.6. The number of carbonyl (C=O) groups excluding carboxylic acids is 4. The minimum absolute atomic E-state index is 0.00705. The van der Waals surface area contributed by atoms with Crippen LogP contribution in [-0.4, -0.2) is 66.8 Å². The van der Waals surface area contributed by atoms with Crippen molar-refractivity contribution in [3.05, 3.63) is 0 Å². The lowest BCUT2D eigenvalue weighted by molar-refractivity contribution is -0.153. The van der Waals surface area contributed by atoms with Crippen LogP contribution in [0.2, 0.25) is 0 Å². The maximum Gasteiger partial charge on any atom is 0.410 e. The van der Waals surface area contributed by atoms with Crippen molar-refractivity contribution < 1.29 is 33.4 Å². The van der Waals surface area contributed by atoms with E-state index in [1.807, 2.05) is 0 Å². The van der Waals surface area contributed by atoms with Crippen LogP contribution in [0.3, 0.4) is 0 Å². The second kappa shape index (κ2) is 7.50. The summed E-state index contributed by atoms with van der Waals surface area (Å²) in [5.41, 5.74) is -1.94. The number of esters is 2. The van der Waals surface area contributed by atoms with Crippen LogP contribution in [-0.2, 0) is 28.6 Å². The molecule has 9 nitrogen and oxygen atoms in total. The lowest BCUT2D eigenvalue weighted by Crippen LogP contribution is -2.60. The average molecular weight is 410 g/mol. The van der Waals surface area contributed by atoms with Gasteiger partial charge < -0.3 is 19.5 Å². The van der Waals surface area contributed by atoms with E-state index in [9.17, 15) is 19.2 Å². The molecule has 3 aliphatic rings. The molecule has 2 amide bonds. The van der Waals surface area contributed by atoms with E-state index < -0.39 is 41.1 Å². The monoisotopic (exact) mass is 410 g/mol. The van der Waals surface area contributed by atoms with Gasteiger partial charge in [0, 0.05) is 12.5 Å². The topological polar surface area (TPSA) is 111 Å². The standard InChI is InChI=1S/C20H30N2O7/c1-19(2,3)29-18(26)22-10-6-7-12(22)15(23)21-20(17(25)28-5)9-8-11-13(14(11)20)16(24)27-4/h11-14H,6-10H2,1-5H3,(H,21,23)/t11-,12?,13-,14-,20-/m0/s1. The Kier molecular flexibility index (Phi) is 5.53. The molecule has 0 spiro atoms. The zero-order valence-electron chi connectivity index (χ0n) is 17.6. The van der Waals surface area contributed by atoms with E-state index in [0.717, 1.165) is 0 Å². The van der Waals surface area contributed by atoms with Crippen molar-refractivity contribution >= 4 is 23.9 Å². The van der Waals surface area contributed by atoms with Crippen molar-refractivity contribution in [3.63, 3.8) is 0 Å². The maximum atomic E-state index is 13.1. The number of nitrogens with one attached hydrogen (secondary N) is 1. The molecule has 1 aliphatic heterocycles. The molecule has 0 bridgehead atoms. The third-order valence-corrected chi connectivity index (χ3v) is 6.16. The SMILES string of the molecule is COC(=O)[C@H]1[C@@H]2CC[C@@](NC(=O)C3CCCN3C(=O)OC(C)(C)C)(C(=O)OC)[C@@H]21. The molecule has 0 radical (unpaired) electrons. The van der Waals surface area contributed by atoms with Crippen molar-refractivity contribution in [2.75, 3.05) is 20.8 Å². The van der Waals surface area contributed by atoms with Crippen molar-refractivity contribution in [2.45, 2.75) is 63.6 Å². The van der Waals surface area contributed by atoms with Crippen molar-refractivity contribution in [1.29, 1.82) is 0 Å². The largest absolute Gasteiger partial charge is 0.469 e. The minimum Gasteiger partial charge on any atom is -0.469 e. The lowest BCUT2D eigenvalue weighted by Gasteiger charge is -2.33. The van der Waals surface area contributed by atoms with Crippen LogP contribution in [0.1, 0.15) is 46.5 Å². The maximum absolute atomic E-state index is 13.1. The van der Waals surface area contributed by atoms with Crippen LogP contribution in [0.5, 0.6) is 0 Å². The number of hydrogen-bond acceptors (Lipinski definition) is 7. The summed E-state index contributed by atoms with van der Waals surface area (Å²) in [6.07, 6.45) is 1.62. The fourth-order valence-corrected chi connectivity index (χ4v) is 4.92. The molecule has 0 aromatic rings. The van der Waals surface area contributed by atoms with Gasteiger partial charge in [-0.3, -0.25) is 14.5 Å². The summed E-state index contributed by atoms with van der Waals surface area (Å²) in [6.45, 7) is 5.71. The summed E-state index contributed by atoms with van der Waals surface area (Å²) in [5, 5.41) is 2.86. The number of likely N-dealkylation sites (tertiary alicyclic amines) is 1. The molecule has 2 aliphatic carbocycles. The predicted molar refractivity (Wildman–Crippen MR) is 101 cm³/mol. The molecule has 1 N–H and O–H groups in total. The number of amides is 2. The summed E-state index contributed by atoms with van der Waals surface area (Å²) < 4.78 is 15.2. The summed E-state index contributed by atoms with van der Waals surface area (Å²) in [7, 11) is 2.58. The smallest absolute Gasteiger partial charge is 0.410 e. The summed E-state index contributed by atoms with van der Waals surface area (Å²) in [6, 6.07) is -0.722. The van der Waals surface area contributed by atoms with Gasteiger partial charge in [0.05, 0.1) is 20.1 Å². The zero-order chi connectivity index (χ0) is 21.6. The lowest BCUT2D eigenvalue weighted by atomic mass is 9.89. The summed E-state index contributed by atoms with van der Waals surface area (Å²) in [4.78, 5) is 51.8. The molecule has 0 aromatic heterocycles. The van der Waals surface area contributed by atoms with Crippen LogP contribution in [0.4, 0.5) is 4.79 Å². The third-order valence-electron chi connectivity index (χ3n) is 6.16. The number of nitrogens with zero attached hydrogens (tertiary/aromatic N) is 1. The van der Waals surface area contributed by atoms with E-state index in [-0.39, 0.29) is 17.8 Å². The number of hydrogen-bond donors (Lipinski definition) is 1. The molecule has 9 heteroatoms. The zero-order valence-corrected chi connectivity index (χ0v) is 17.6. The van der Waals surface area contributed by atoms with Crippen LogP contribution in [0.25, 0.3) is 0 Å². The predicted octanol–water partition coefficient (Wildman–Crippen LogP) is 1.24. The van der Waals surface area contributed by atoms with E-state index >= 15 is 0 Å². The Morgan fingerprint density at radius 1 is 1.07 bits per heavy atom. The first-order valence-electron chi connectivity index (χ1n) is 10.0. The number of ether oxygens (including phenoxy) is 3. The third kappa shape index (κ3) is 3.79. The van der Waals surface area contributed by atoms with E-state index in [2.05, 4.69) is 5.32 Å². The fraction of sp³-hybridized carbons (Fsp3) is 0.800. The van der Waals surface area contributed by atoms with Gasteiger partial charge in [-0.05, 0) is 52.4 Å². The molecule has 5 atom stereocenters. The number of fused-ring (bicyclic) bond motifs is 1. The molecule has 0 aromatic carbocycles. The molecule has 1 unspecified atom stereocenters. The van der Waals surface area contributed by atoms with Gasteiger partial charge in [0.25, 0.3) is 0 Å². The van der Waals surface area contributed by atoms with Gasteiger partial charge in [-0.25, -0.2) is 9.59 Å². The van der Waals surface area contributed by atoms with Gasteiger partial charge >= 0.3 is 18.0 Å². The highest BCUT2D eigenvalue weighted by molar-refractivity contribution is 5.94. The molecule has 3 fully saturated rings. The van der Waals surface area contributed by atoms with Crippen molar-refractivity contribution in [3.8, 4) is 0 Å². The average Bonchev–Trinajstić information content (AvgIpc) is 3.01. The first-order valence-corrected chi connectivity index (χ1v) is 10.0. The Morgan fingerprint density at radius 3 is 2.34 bits per heavy atom. The molecule has 1 saturated heterocycles. The highest BCUT2D eigenvalue weighted by Crippen LogP contribution is 2.63. The van der Waals surface area contributed by atoms with Gasteiger partial charge in [0.15, 0.2) is 0 Å². The number of methoxy groups -OCH3 is 2. The summed E-state index contributed by atoms with van der Waals surface area (Å²) in [5.74, 6) is -2.13. The van der Waals surface area contributed by atoms with Gasteiger partial charge in [0.1, 0.15) is 17.2 Å². The first kappa shape index (κ1) is 21.4. The van der Waals surface area contributed by atoms with Crippen LogP contribution >= 0.6 is 0 Å². The quantitative estimate of drug-likeness (QED) is 0.548. The Bertz CT molecular complexity index is 716. The van der Waals surface area contributed by atoms with Crippen LogP contribution in [0.15, 0.2) is 0 Å². The molecule has 3 rings (SSSR count). The normalized spacial score (nSPS) is 32.9. The Balaban J connectivity index is 1.77. The van der Waals surface area contributed by atoms with Crippen molar-refractivity contribution in [2.24, 2.45) is 17.8 Å². The Labute approximate surface area is 170 Å². The van der Waals surface area contributed by atoms with E-state index in [1.54, 1.807) is 20.8 Å². The molecule has 29 heavy (non-hydrogen) atoms. The van der Waals surface area contributed by atoms with E-state index in [1.165, 1.54) is 19.1 Å². The number of carbonyl (C=O) groups is 4. The minimum atomic E-state index is -1.27. The summed E-state index contributed by atoms with van der Waals surface area (Å²) >= 11 is 0. The van der Waals surface area contributed by atoms with Gasteiger partial charge in [-0.2, -0.15) is 0 Å². The molecule has 2 saturated carbocycles. The number of rotatable bonds is 4. The fourth-order valence-electron chi connectivity index (χ4n) is 4.92. The van der Waals surface area contributed by atoms with E-state index in [0.29, 0.717) is 32.2 Å². The molecule has 1 heterocycles. The van der Waals surface area contributed by atoms with Gasteiger partial charge in [0.2, 0.25) is 5.91 Å². The van der Waals surface area contributed by atoms with E-state index in [4.69, 9.17) is 14.2 Å². The second-order valence-corrected chi connectivity index (χ2v) is 9.06. The Morgan fingerprint density at radius 2 is 1.76 bits per heavy atom. The highest BCUT2D eigenvalue weighted by Gasteiger charge is 2.72. The Hall–Kier alpha value is -2.32. The van der Waals surface area contributed by atoms with Gasteiger partial charge in [-0.1, -0.05) is 0 Å². The molecule has 162 valence electrons. The van der Waals surface area contributed by atoms with Gasteiger partial charge in [-0.15, -0.1) is 0 Å². The highest BCUT2D eigenvalue weighted by atomic mass is 16.6. The van der Waals surface area contributed by atoms with Crippen molar-refractivity contribution in [1.82, 2.24) is 10.2 Å². The second-order valence-electron chi connectivity index (χ2n) is 9.06.